The predicted octanol–water partition coefficient (Wildman–Crippen LogP) is 3.46. The van der Waals surface area contributed by atoms with Gasteiger partial charge in [-0.2, -0.15) is 0 Å². The lowest BCUT2D eigenvalue weighted by molar-refractivity contribution is 0.464. The molecule has 5 heteroatoms. The first-order valence-corrected chi connectivity index (χ1v) is 7.41. The van der Waals surface area contributed by atoms with Crippen LogP contribution in [0.15, 0.2) is 28.9 Å². The van der Waals surface area contributed by atoms with Crippen LogP contribution in [0.4, 0.5) is 0 Å². The molecule has 18 heavy (non-hydrogen) atoms. The fraction of sp³-hybridized carbons (Fsp3) is 0.308. The number of nitrogens with one attached hydrogen (secondary N) is 1. The van der Waals surface area contributed by atoms with Gasteiger partial charge in [0.05, 0.1) is 0 Å². The van der Waals surface area contributed by atoms with Gasteiger partial charge in [-0.1, -0.05) is 22.9 Å². The van der Waals surface area contributed by atoms with Gasteiger partial charge in [-0.15, -0.1) is 11.3 Å². The maximum absolute atomic E-state index is 9.70. The van der Waals surface area contributed by atoms with Gasteiger partial charge in [-0.25, -0.2) is 4.98 Å². The zero-order chi connectivity index (χ0) is 13.0. The van der Waals surface area contributed by atoms with Gasteiger partial charge in [-0.05, 0) is 24.6 Å². The first-order valence-electron chi connectivity index (χ1n) is 5.80. The van der Waals surface area contributed by atoms with Gasteiger partial charge in [0.1, 0.15) is 10.8 Å². The van der Waals surface area contributed by atoms with Crippen LogP contribution in [0.2, 0.25) is 0 Å². The van der Waals surface area contributed by atoms with Crippen LogP contribution in [0.25, 0.3) is 0 Å². The second-order valence-corrected chi connectivity index (χ2v) is 6.07. The van der Waals surface area contributed by atoms with E-state index in [1.165, 1.54) is 4.88 Å². The minimum absolute atomic E-state index is 0.319. The van der Waals surface area contributed by atoms with E-state index in [-0.39, 0.29) is 0 Å². The van der Waals surface area contributed by atoms with Crippen LogP contribution in [-0.4, -0.2) is 10.1 Å². The zero-order valence-electron chi connectivity index (χ0n) is 10.1. The topological polar surface area (TPSA) is 45.2 Å². The van der Waals surface area contributed by atoms with Crippen molar-refractivity contribution in [3.63, 3.8) is 0 Å². The Morgan fingerprint density at radius 3 is 2.94 bits per heavy atom. The van der Waals surface area contributed by atoms with Crippen LogP contribution in [0.3, 0.4) is 0 Å². The number of phenolic OH excluding ortho intramolecular Hbond substituents is 1. The lowest BCUT2D eigenvalue weighted by Gasteiger charge is -2.06. The molecule has 1 aromatic heterocycles. The largest absolute Gasteiger partial charge is 0.508 e. The molecule has 1 aromatic carbocycles. The highest BCUT2D eigenvalue weighted by molar-refractivity contribution is 9.10. The molecule has 0 aliphatic rings. The Kier molecular flexibility index (Phi) is 4.74. The summed E-state index contributed by atoms with van der Waals surface area (Å²) in [5.41, 5.74) is 0.886. The second kappa shape index (κ2) is 6.31. The minimum atomic E-state index is 0.319. The van der Waals surface area contributed by atoms with Gasteiger partial charge in [0.15, 0.2) is 0 Å². The summed E-state index contributed by atoms with van der Waals surface area (Å²) in [6, 6.07) is 5.44. The number of aromatic hydroxyl groups is 1. The number of aromatic nitrogens is 1. The van der Waals surface area contributed by atoms with Crippen molar-refractivity contribution >= 4 is 27.3 Å². The van der Waals surface area contributed by atoms with Crippen molar-refractivity contribution in [2.24, 2.45) is 0 Å². The Morgan fingerprint density at radius 2 is 2.22 bits per heavy atom. The molecule has 0 amide bonds. The molecule has 0 atom stereocenters. The number of rotatable bonds is 5. The molecule has 96 valence electrons. The fourth-order valence-electron chi connectivity index (χ4n) is 1.59. The number of nitrogens with zero attached hydrogens (tertiary/aromatic N) is 1. The maximum Gasteiger partial charge on any atom is 0.120 e. The molecule has 0 aliphatic carbocycles. The molecule has 2 aromatic rings. The highest BCUT2D eigenvalue weighted by Gasteiger charge is 2.03. The summed E-state index contributed by atoms with van der Waals surface area (Å²) in [6.45, 7) is 3.49. The van der Waals surface area contributed by atoms with Gasteiger partial charge in [0.2, 0.25) is 0 Å². The number of halogens is 1. The van der Waals surface area contributed by atoms with E-state index in [4.69, 9.17) is 0 Å². The van der Waals surface area contributed by atoms with Crippen molar-refractivity contribution in [1.82, 2.24) is 10.3 Å². The molecular formula is C13H15BrN2OS. The Labute approximate surface area is 119 Å². The van der Waals surface area contributed by atoms with E-state index in [0.29, 0.717) is 12.3 Å². The van der Waals surface area contributed by atoms with Crippen LogP contribution in [0.1, 0.15) is 22.4 Å². The Morgan fingerprint density at radius 1 is 1.39 bits per heavy atom. The van der Waals surface area contributed by atoms with Crippen LogP contribution in [-0.2, 0) is 19.5 Å². The monoisotopic (exact) mass is 326 g/mol. The van der Waals surface area contributed by atoms with E-state index in [2.05, 4.69) is 33.2 Å². The third-order valence-corrected chi connectivity index (χ3v) is 4.22. The summed E-state index contributed by atoms with van der Waals surface area (Å²) in [6.07, 6.45) is 2.96. The summed E-state index contributed by atoms with van der Waals surface area (Å²) in [7, 11) is 0. The summed E-state index contributed by atoms with van der Waals surface area (Å²) in [5.74, 6) is 0.319. The number of hydrogen-bond acceptors (Lipinski definition) is 4. The molecule has 0 fully saturated rings. The highest BCUT2D eigenvalue weighted by Crippen LogP contribution is 2.21. The normalized spacial score (nSPS) is 10.8. The standard InChI is InChI=1S/C13H15BrN2OS/c1-2-11-7-16-13(18-11)8-15-6-9-5-10(14)3-4-12(9)17/h3-5,7,15,17H,2,6,8H2,1H3. The number of aryl methyl sites for hydroxylation is 1. The summed E-state index contributed by atoms with van der Waals surface area (Å²) in [4.78, 5) is 5.65. The quantitative estimate of drug-likeness (QED) is 0.884. The smallest absolute Gasteiger partial charge is 0.120 e. The number of phenols is 1. The van der Waals surface area contributed by atoms with Crippen LogP contribution >= 0.6 is 27.3 Å². The number of thiazole rings is 1. The molecule has 2 N–H and O–H groups in total. The van der Waals surface area contributed by atoms with Crippen molar-refractivity contribution < 1.29 is 5.11 Å². The molecular weight excluding hydrogens is 312 g/mol. The Bertz CT molecular complexity index is 527. The van der Waals surface area contributed by atoms with Crippen LogP contribution in [0, 0.1) is 0 Å². The molecule has 0 radical (unpaired) electrons. The number of benzene rings is 1. The van der Waals surface area contributed by atoms with Gasteiger partial charge < -0.3 is 10.4 Å². The van der Waals surface area contributed by atoms with E-state index < -0.39 is 0 Å². The van der Waals surface area contributed by atoms with E-state index in [1.54, 1.807) is 17.4 Å². The Balaban J connectivity index is 1.90. The van der Waals surface area contributed by atoms with Crippen LogP contribution in [0.5, 0.6) is 5.75 Å². The van der Waals surface area contributed by atoms with Crippen molar-refractivity contribution in [2.45, 2.75) is 26.4 Å². The zero-order valence-corrected chi connectivity index (χ0v) is 12.5. The van der Waals surface area contributed by atoms with Crippen molar-refractivity contribution in [3.8, 4) is 5.75 Å². The molecule has 1 heterocycles. The molecule has 0 aliphatic heterocycles. The third-order valence-electron chi connectivity index (χ3n) is 2.58. The molecule has 0 saturated heterocycles. The first kappa shape index (κ1) is 13.5. The molecule has 3 nitrogen and oxygen atoms in total. The second-order valence-electron chi connectivity index (χ2n) is 3.95. The Hall–Kier alpha value is -0.910. The minimum Gasteiger partial charge on any atom is -0.508 e. The summed E-state index contributed by atoms with van der Waals surface area (Å²) >= 11 is 5.13. The van der Waals surface area contributed by atoms with Crippen molar-refractivity contribution in [3.05, 3.63) is 44.3 Å². The predicted molar refractivity (Wildman–Crippen MR) is 77.8 cm³/mol. The average Bonchev–Trinajstić information content (AvgIpc) is 2.81. The number of hydrogen-bond donors (Lipinski definition) is 2. The lowest BCUT2D eigenvalue weighted by atomic mass is 10.2. The van der Waals surface area contributed by atoms with Gasteiger partial charge in [-0.3, -0.25) is 0 Å². The lowest BCUT2D eigenvalue weighted by Crippen LogP contribution is -2.12. The highest BCUT2D eigenvalue weighted by atomic mass is 79.9. The van der Waals surface area contributed by atoms with Gasteiger partial charge >= 0.3 is 0 Å². The van der Waals surface area contributed by atoms with E-state index in [1.807, 2.05) is 18.3 Å². The van der Waals surface area contributed by atoms with Gasteiger partial charge in [0.25, 0.3) is 0 Å². The molecule has 0 saturated carbocycles. The van der Waals surface area contributed by atoms with Crippen molar-refractivity contribution in [1.29, 1.82) is 0 Å². The van der Waals surface area contributed by atoms with E-state index >= 15 is 0 Å². The molecule has 0 unspecified atom stereocenters. The summed E-state index contributed by atoms with van der Waals surface area (Å²) < 4.78 is 0.972. The molecule has 2 rings (SSSR count). The molecule has 0 spiro atoms. The van der Waals surface area contributed by atoms with E-state index in [0.717, 1.165) is 28.0 Å². The van der Waals surface area contributed by atoms with Crippen molar-refractivity contribution in [2.75, 3.05) is 0 Å². The first-order chi connectivity index (χ1) is 8.69. The third kappa shape index (κ3) is 3.54. The summed E-state index contributed by atoms with van der Waals surface area (Å²) in [5, 5.41) is 14.1. The SMILES string of the molecule is CCc1cnc(CNCc2cc(Br)ccc2O)s1. The fourth-order valence-corrected chi connectivity index (χ4v) is 2.83. The average molecular weight is 327 g/mol. The maximum atomic E-state index is 9.70. The van der Waals surface area contributed by atoms with Gasteiger partial charge in [0, 0.05) is 34.2 Å². The van der Waals surface area contributed by atoms with Crippen LogP contribution < -0.4 is 5.32 Å². The van der Waals surface area contributed by atoms with E-state index in [9.17, 15) is 5.11 Å². The molecule has 0 bridgehead atoms.